The highest BCUT2D eigenvalue weighted by Crippen LogP contribution is 2.24. The largest absolute Gasteiger partial charge is 0.337 e. The number of fused-ring (bicyclic) bond motifs is 1. The molecule has 1 heterocycles. The Bertz CT molecular complexity index is 963. The van der Waals surface area contributed by atoms with E-state index in [9.17, 15) is 15.4 Å². The van der Waals surface area contributed by atoms with Crippen LogP contribution in [0.15, 0.2) is 42.5 Å². The van der Waals surface area contributed by atoms with E-state index in [-0.39, 0.29) is 5.69 Å². The summed E-state index contributed by atoms with van der Waals surface area (Å²) in [5, 5.41) is 20.6. The molecular formula is C18H14N4O2. The maximum Gasteiger partial charge on any atom is 0.273 e. The molecule has 0 saturated heterocycles. The van der Waals surface area contributed by atoms with Crippen LogP contribution in [0, 0.1) is 21.4 Å². The Balaban J connectivity index is 2.06. The molecule has 0 aliphatic heterocycles. The number of aromatic nitrogens is 2. The topological polar surface area (TPSA) is 95.6 Å². The van der Waals surface area contributed by atoms with E-state index in [1.807, 2.05) is 31.2 Å². The maximum atomic E-state index is 11.2. The number of aryl methyl sites for hydroxylation is 1. The highest BCUT2D eigenvalue weighted by molar-refractivity contribution is 5.90. The number of imidazole rings is 1. The van der Waals surface area contributed by atoms with E-state index >= 15 is 0 Å². The van der Waals surface area contributed by atoms with Gasteiger partial charge in [-0.2, -0.15) is 5.26 Å². The van der Waals surface area contributed by atoms with Gasteiger partial charge < -0.3 is 4.98 Å². The normalized spacial score (nSPS) is 11.4. The molecule has 0 amide bonds. The molecule has 24 heavy (non-hydrogen) atoms. The molecule has 6 heteroatoms. The molecule has 0 atom stereocenters. The minimum Gasteiger partial charge on any atom is -0.337 e. The number of benzene rings is 2. The van der Waals surface area contributed by atoms with Gasteiger partial charge in [0.15, 0.2) is 0 Å². The number of nitriles is 1. The molecule has 3 rings (SSSR count). The fraction of sp³-hybridized carbons (Fsp3) is 0.111. The van der Waals surface area contributed by atoms with Crippen LogP contribution >= 0.6 is 0 Å². The summed E-state index contributed by atoms with van der Waals surface area (Å²) < 4.78 is 0. The second-order valence-electron chi connectivity index (χ2n) is 5.27. The summed E-state index contributed by atoms with van der Waals surface area (Å²) in [6, 6.07) is 14.6. The number of nitro groups is 1. The number of nitrogens with one attached hydrogen (secondary N) is 1. The van der Waals surface area contributed by atoms with Crippen LogP contribution in [0.25, 0.3) is 22.7 Å². The first kappa shape index (κ1) is 15.4. The molecule has 1 aromatic heterocycles. The van der Waals surface area contributed by atoms with E-state index in [1.165, 1.54) is 6.07 Å². The van der Waals surface area contributed by atoms with Gasteiger partial charge in [-0.15, -0.1) is 0 Å². The van der Waals surface area contributed by atoms with Gasteiger partial charge in [0, 0.05) is 11.6 Å². The third kappa shape index (κ3) is 2.88. The molecule has 0 aliphatic rings. The number of aromatic amines is 1. The van der Waals surface area contributed by atoms with Crippen LogP contribution in [0.1, 0.15) is 23.9 Å². The first-order valence-corrected chi connectivity index (χ1v) is 7.46. The average molecular weight is 318 g/mol. The molecule has 0 bridgehead atoms. The zero-order valence-electron chi connectivity index (χ0n) is 13.0. The zero-order chi connectivity index (χ0) is 17.1. The number of hydrogen-bond donors (Lipinski definition) is 1. The van der Waals surface area contributed by atoms with Gasteiger partial charge in [0.25, 0.3) is 5.69 Å². The second-order valence-corrected chi connectivity index (χ2v) is 5.27. The van der Waals surface area contributed by atoms with Gasteiger partial charge in [-0.05, 0) is 30.2 Å². The molecule has 0 radical (unpaired) electrons. The van der Waals surface area contributed by atoms with Gasteiger partial charge in [-0.25, -0.2) is 4.98 Å². The molecule has 6 nitrogen and oxygen atoms in total. The summed E-state index contributed by atoms with van der Waals surface area (Å²) in [6.07, 6.45) is 2.18. The van der Waals surface area contributed by atoms with E-state index in [1.54, 1.807) is 18.2 Å². The van der Waals surface area contributed by atoms with Gasteiger partial charge in [-0.1, -0.05) is 31.2 Å². The van der Waals surface area contributed by atoms with Crippen molar-refractivity contribution in [2.24, 2.45) is 0 Å². The van der Waals surface area contributed by atoms with Crippen LogP contribution in [0.5, 0.6) is 0 Å². The quantitative estimate of drug-likeness (QED) is 0.445. The Morgan fingerprint density at radius 2 is 2.17 bits per heavy atom. The predicted molar refractivity (Wildman–Crippen MR) is 92.1 cm³/mol. The Labute approximate surface area is 138 Å². The lowest BCUT2D eigenvalue weighted by atomic mass is 10.0. The van der Waals surface area contributed by atoms with Crippen molar-refractivity contribution in [1.82, 2.24) is 9.97 Å². The fourth-order valence-corrected chi connectivity index (χ4v) is 2.54. The van der Waals surface area contributed by atoms with E-state index in [2.05, 4.69) is 16.0 Å². The van der Waals surface area contributed by atoms with Crippen molar-refractivity contribution in [2.75, 3.05) is 0 Å². The number of H-pyrrole nitrogens is 1. The van der Waals surface area contributed by atoms with E-state index < -0.39 is 4.92 Å². The third-order valence-corrected chi connectivity index (χ3v) is 3.76. The summed E-state index contributed by atoms with van der Waals surface area (Å²) >= 11 is 0. The Hall–Kier alpha value is -3.46. The highest BCUT2D eigenvalue weighted by atomic mass is 16.6. The van der Waals surface area contributed by atoms with Crippen LogP contribution in [0.3, 0.4) is 0 Å². The molecule has 2 aromatic carbocycles. The molecule has 0 aliphatic carbocycles. The molecule has 0 spiro atoms. The number of allylic oxidation sites excluding steroid dienone is 1. The number of nitro benzene ring substituents is 1. The first-order chi connectivity index (χ1) is 11.6. The Morgan fingerprint density at radius 3 is 2.83 bits per heavy atom. The van der Waals surface area contributed by atoms with Gasteiger partial charge in [0.2, 0.25) is 0 Å². The lowest BCUT2D eigenvalue weighted by Crippen LogP contribution is -1.95. The summed E-state index contributed by atoms with van der Waals surface area (Å²) in [7, 11) is 0. The van der Waals surface area contributed by atoms with Crippen LogP contribution < -0.4 is 0 Å². The second kappa shape index (κ2) is 6.34. The molecule has 0 fully saturated rings. The zero-order valence-corrected chi connectivity index (χ0v) is 13.0. The molecular weight excluding hydrogens is 304 g/mol. The van der Waals surface area contributed by atoms with E-state index in [0.717, 1.165) is 11.0 Å². The summed E-state index contributed by atoms with van der Waals surface area (Å²) in [4.78, 5) is 18.3. The smallest absolute Gasteiger partial charge is 0.273 e. The number of rotatable bonds is 4. The lowest BCUT2D eigenvalue weighted by Gasteiger charge is -2.01. The van der Waals surface area contributed by atoms with Crippen molar-refractivity contribution in [2.45, 2.75) is 13.3 Å². The number of nitrogens with zero attached hydrogens (tertiary/aromatic N) is 3. The number of hydrogen-bond acceptors (Lipinski definition) is 4. The minimum absolute atomic E-state index is 0.0631. The van der Waals surface area contributed by atoms with Crippen LogP contribution in [0.2, 0.25) is 0 Å². The Kier molecular flexibility index (Phi) is 4.08. The van der Waals surface area contributed by atoms with Crippen LogP contribution in [-0.4, -0.2) is 14.9 Å². The average Bonchev–Trinajstić information content (AvgIpc) is 3.03. The van der Waals surface area contributed by atoms with E-state index in [0.29, 0.717) is 28.9 Å². The summed E-state index contributed by atoms with van der Waals surface area (Å²) in [5.41, 5.74) is 3.25. The van der Waals surface area contributed by atoms with E-state index in [4.69, 9.17) is 0 Å². The summed E-state index contributed by atoms with van der Waals surface area (Å²) in [6.45, 7) is 1.87. The fourth-order valence-electron chi connectivity index (χ4n) is 2.54. The first-order valence-electron chi connectivity index (χ1n) is 7.46. The van der Waals surface area contributed by atoms with Crippen molar-refractivity contribution >= 4 is 28.4 Å². The maximum absolute atomic E-state index is 11.2. The van der Waals surface area contributed by atoms with Crippen molar-refractivity contribution in [3.63, 3.8) is 0 Å². The van der Waals surface area contributed by atoms with Gasteiger partial charge in [-0.3, -0.25) is 10.1 Å². The SMILES string of the molecule is CCc1ccc(/C=C(\C#N)c2nc3ccccc3[nH]2)cc1[N+](=O)[O-]. The van der Waals surface area contributed by atoms with Crippen molar-refractivity contribution in [3.8, 4) is 6.07 Å². The lowest BCUT2D eigenvalue weighted by molar-refractivity contribution is -0.385. The van der Waals surface area contributed by atoms with Crippen molar-refractivity contribution in [3.05, 3.63) is 69.5 Å². The van der Waals surface area contributed by atoms with Crippen molar-refractivity contribution in [1.29, 1.82) is 5.26 Å². The van der Waals surface area contributed by atoms with Crippen molar-refractivity contribution < 1.29 is 4.92 Å². The molecule has 1 N–H and O–H groups in total. The molecule has 118 valence electrons. The standard InChI is InChI=1S/C18H14N4O2/c1-2-13-8-7-12(10-17(13)22(23)24)9-14(11-19)18-20-15-5-3-4-6-16(15)21-18/h3-10H,2H2,1H3,(H,20,21)/b14-9+. The third-order valence-electron chi connectivity index (χ3n) is 3.76. The minimum atomic E-state index is -0.399. The van der Waals surface area contributed by atoms with Crippen LogP contribution in [0.4, 0.5) is 5.69 Å². The molecule has 0 unspecified atom stereocenters. The monoisotopic (exact) mass is 318 g/mol. The molecule has 0 saturated carbocycles. The van der Waals surface area contributed by atoms with Crippen LogP contribution in [-0.2, 0) is 6.42 Å². The summed E-state index contributed by atoms with van der Waals surface area (Å²) in [5.74, 6) is 0.445. The van der Waals surface area contributed by atoms with Gasteiger partial charge >= 0.3 is 0 Å². The molecule has 3 aromatic rings. The van der Waals surface area contributed by atoms with Gasteiger partial charge in [0.05, 0.1) is 21.5 Å². The predicted octanol–water partition coefficient (Wildman–Crippen LogP) is 4.10. The Morgan fingerprint density at radius 1 is 1.38 bits per heavy atom. The highest BCUT2D eigenvalue weighted by Gasteiger charge is 2.13. The van der Waals surface area contributed by atoms with Gasteiger partial charge in [0.1, 0.15) is 11.9 Å². The number of para-hydroxylation sites is 2.